The molecule has 0 saturated carbocycles. The van der Waals surface area contributed by atoms with Gasteiger partial charge in [0.05, 0.1) is 17.4 Å². The van der Waals surface area contributed by atoms with E-state index in [4.69, 9.17) is 14.2 Å². The van der Waals surface area contributed by atoms with E-state index in [1.807, 2.05) is 26.8 Å². The first-order valence-electron chi connectivity index (χ1n) is 11.1. The van der Waals surface area contributed by atoms with Gasteiger partial charge in [0.25, 0.3) is 0 Å². The number of fused-ring (bicyclic) bond motifs is 2. The van der Waals surface area contributed by atoms with Crippen molar-refractivity contribution in [2.45, 2.75) is 90.8 Å². The van der Waals surface area contributed by atoms with Gasteiger partial charge in [-0.1, -0.05) is 24.1 Å². The minimum atomic E-state index is -1.91. The van der Waals surface area contributed by atoms with Crippen molar-refractivity contribution in [1.29, 1.82) is 0 Å². The van der Waals surface area contributed by atoms with Crippen LogP contribution in [0.25, 0.3) is 0 Å². The van der Waals surface area contributed by atoms with E-state index in [2.05, 4.69) is 0 Å². The first-order valence-corrected chi connectivity index (χ1v) is 11.1. The maximum absolute atomic E-state index is 12.5. The zero-order valence-corrected chi connectivity index (χ0v) is 19.6. The lowest BCUT2D eigenvalue weighted by Gasteiger charge is -2.54. The molecule has 8 atom stereocenters. The third kappa shape index (κ3) is 3.88. The molecule has 1 heterocycles. The second-order valence-electron chi connectivity index (χ2n) is 9.69. The molecule has 0 aromatic heterocycles. The summed E-state index contributed by atoms with van der Waals surface area (Å²) in [6, 6.07) is 0. The normalized spacial score (nSPS) is 43.6. The molecule has 0 aromatic rings. The summed E-state index contributed by atoms with van der Waals surface area (Å²) in [6.45, 7) is 9.65. The summed E-state index contributed by atoms with van der Waals surface area (Å²) >= 11 is 0. The fourth-order valence-corrected chi connectivity index (χ4v) is 5.75. The topological polar surface area (TPSA) is 119 Å². The largest absolute Gasteiger partial charge is 0.462 e. The monoisotopic (exact) mass is 450 g/mol. The van der Waals surface area contributed by atoms with Gasteiger partial charge in [-0.05, 0) is 39.7 Å². The van der Waals surface area contributed by atoms with Crippen LogP contribution in [0.3, 0.4) is 0 Å². The van der Waals surface area contributed by atoms with E-state index >= 15 is 0 Å². The van der Waals surface area contributed by atoms with Crippen LogP contribution in [-0.4, -0.2) is 58.1 Å². The lowest BCUT2D eigenvalue weighted by atomic mass is 9.56. The number of rotatable bonds is 2. The molecule has 2 N–H and O–H groups in total. The van der Waals surface area contributed by atoms with Crippen LogP contribution in [0, 0.1) is 17.3 Å². The number of aliphatic hydroxyl groups is 2. The molecule has 0 radical (unpaired) electrons. The van der Waals surface area contributed by atoms with Crippen LogP contribution >= 0.6 is 0 Å². The molecule has 1 fully saturated rings. The average molecular weight is 451 g/mol. The molecule has 8 nitrogen and oxygen atoms in total. The maximum atomic E-state index is 12.5. The fourth-order valence-electron chi connectivity index (χ4n) is 5.75. The number of hydrogen-bond acceptors (Lipinski definition) is 8. The van der Waals surface area contributed by atoms with Crippen molar-refractivity contribution < 1.29 is 38.8 Å². The number of aliphatic hydroxyl groups excluding tert-OH is 1. The number of ether oxygens (including phenoxy) is 3. The van der Waals surface area contributed by atoms with Crippen molar-refractivity contribution in [2.75, 3.05) is 0 Å². The molecular weight excluding hydrogens is 416 g/mol. The minimum Gasteiger partial charge on any atom is -0.462 e. The summed E-state index contributed by atoms with van der Waals surface area (Å²) in [5.41, 5.74) is -1.37. The highest BCUT2D eigenvalue weighted by molar-refractivity contribution is 5.77. The van der Waals surface area contributed by atoms with Gasteiger partial charge in [-0.15, -0.1) is 0 Å². The van der Waals surface area contributed by atoms with E-state index < -0.39 is 65.2 Å². The predicted molar refractivity (Wildman–Crippen MR) is 114 cm³/mol. The quantitative estimate of drug-likeness (QED) is 0.373. The molecular formula is C24H34O8. The Labute approximate surface area is 188 Å². The van der Waals surface area contributed by atoms with Crippen LogP contribution in [0.5, 0.6) is 0 Å². The smallest absolute Gasteiger partial charge is 0.312 e. The van der Waals surface area contributed by atoms with Gasteiger partial charge in [0.1, 0.15) is 17.8 Å². The van der Waals surface area contributed by atoms with Gasteiger partial charge in [-0.2, -0.15) is 0 Å². The molecule has 1 saturated heterocycles. The zero-order chi connectivity index (χ0) is 24.0. The highest BCUT2D eigenvalue weighted by atomic mass is 16.6. The van der Waals surface area contributed by atoms with Crippen LogP contribution in [0.15, 0.2) is 23.3 Å². The van der Waals surface area contributed by atoms with Crippen molar-refractivity contribution in [3.05, 3.63) is 23.3 Å². The Balaban J connectivity index is 2.24. The molecule has 0 bridgehead atoms. The Bertz CT molecular complexity index is 860. The van der Waals surface area contributed by atoms with Crippen molar-refractivity contribution >= 4 is 17.9 Å². The number of carbonyl (C=O) groups is 3. The number of allylic oxidation sites excluding steroid dienone is 1. The molecule has 3 rings (SSSR count). The van der Waals surface area contributed by atoms with Gasteiger partial charge in [-0.25, -0.2) is 0 Å². The maximum Gasteiger partial charge on any atom is 0.312 e. The highest BCUT2D eigenvalue weighted by Crippen LogP contribution is 2.54. The Morgan fingerprint density at radius 3 is 2.34 bits per heavy atom. The minimum absolute atomic E-state index is 0.380. The van der Waals surface area contributed by atoms with E-state index in [0.29, 0.717) is 19.3 Å². The highest BCUT2D eigenvalue weighted by Gasteiger charge is 2.65. The molecule has 178 valence electrons. The predicted octanol–water partition coefficient (Wildman–Crippen LogP) is 2.22. The van der Waals surface area contributed by atoms with Crippen LogP contribution < -0.4 is 0 Å². The second kappa shape index (κ2) is 8.63. The van der Waals surface area contributed by atoms with E-state index in [1.165, 1.54) is 20.8 Å². The van der Waals surface area contributed by atoms with E-state index in [0.717, 1.165) is 11.1 Å². The summed E-state index contributed by atoms with van der Waals surface area (Å²) in [5.74, 6) is -3.31. The Morgan fingerprint density at radius 2 is 1.75 bits per heavy atom. The Hall–Kier alpha value is -2.19. The van der Waals surface area contributed by atoms with E-state index in [9.17, 15) is 24.6 Å². The summed E-state index contributed by atoms with van der Waals surface area (Å²) < 4.78 is 16.9. The van der Waals surface area contributed by atoms with Gasteiger partial charge in [0, 0.05) is 26.2 Å². The third-order valence-electron chi connectivity index (χ3n) is 7.59. The van der Waals surface area contributed by atoms with Gasteiger partial charge in [0.2, 0.25) is 0 Å². The van der Waals surface area contributed by atoms with Crippen molar-refractivity contribution in [3.63, 3.8) is 0 Å². The van der Waals surface area contributed by atoms with Gasteiger partial charge in [0.15, 0.2) is 6.10 Å². The van der Waals surface area contributed by atoms with Crippen molar-refractivity contribution in [3.8, 4) is 0 Å². The van der Waals surface area contributed by atoms with Crippen molar-refractivity contribution in [1.82, 2.24) is 0 Å². The Kier molecular flexibility index (Phi) is 6.60. The SMILES string of the molecule is CC(=O)OC1CC=C(C)C2[C@@H](O)C3(O)C(/C=C(/C)CC[C@@H](OC(C)=O)[C@@]12C)OC(=O)C3C. The van der Waals surface area contributed by atoms with E-state index in [-0.39, 0.29) is 0 Å². The molecule has 1 aliphatic heterocycles. The van der Waals surface area contributed by atoms with E-state index in [1.54, 1.807) is 6.08 Å². The molecule has 8 heteroatoms. The molecule has 0 amide bonds. The summed E-state index contributed by atoms with van der Waals surface area (Å²) in [7, 11) is 0. The average Bonchev–Trinajstić information content (AvgIpc) is 2.90. The van der Waals surface area contributed by atoms with Crippen LogP contribution in [-0.2, 0) is 28.6 Å². The lowest BCUT2D eigenvalue weighted by Crippen LogP contribution is -2.64. The summed E-state index contributed by atoms with van der Waals surface area (Å²) in [6.07, 6.45) is 0.961. The molecule has 5 unspecified atom stereocenters. The van der Waals surface area contributed by atoms with Gasteiger partial charge in [-0.3, -0.25) is 14.4 Å². The summed E-state index contributed by atoms with van der Waals surface area (Å²) in [4.78, 5) is 36.5. The molecule has 0 spiro atoms. The van der Waals surface area contributed by atoms with Gasteiger partial charge >= 0.3 is 17.9 Å². The second-order valence-corrected chi connectivity index (χ2v) is 9.69. The lowest BCUT2D eigenvalue weighted by molar-refractivity contribution is -0.205. The van der Waals surface area contributed by atoms with Crippen LogP contribution in [0.1, 0.15) is 60.8 Å². The van der Waals surface area contributed by atoms with Gasteiger partial charge < -0.3 is 24.4 Å². The first kappa shape index (κ1) is 24.5. The van der Waals surface area contributed by atoms with Crippen LogP contribution in [0.2, 0.25) is 0 Å². The molecule has 32 heavy (non-hydrogen) atoms. The molecule has 3 aliphatic rings. The summed E-state index contributed by atoms with van der Waals surface area (Å²) in [5, 5.41) is 23.5. The number of carbonyl (C=O) groups excluding carboxylic acids is 3. The zero-order valence-electron chi connectivity index (χ0n) is 19.6. The molecule has 2 aliphatic carbocycles. The molecule has 0 aromatic carbocycles. The standard InChI is InChI=1S/C24H34O8/c1-12-7-9-17(30-15(4)25)23(6)18(31-16(5)26)10-8-13(2)20(23)21(27)24(29)14(3)22(28)32-19(24)11-12/h8,11,14,17-21,27,29H,7,9-10H2,1-6H3/b12-11-/t14?,17-,18?,19?,20?,21-,23+,24?/m1/s1. The third-order valence-corrected chi connectivity index (χ3v) is 7.59. The first-order chi connectivity index (χ1) is 14.8. The number of esters is 3. The Morgan fingerprint density at radius 1 is 1.16 bits per heavy atom. The van der Waals surface area contributed by atoms with Crippen LogP contribution in [0.4, 0.5) is 0 Å². The fraction of sp³-hybridized carbons (Fsp3) is 0.708. The number of hydrogen-bond donors (Lipinski definition) is 2. The van der Waals surface area contributed by atoms with Crippen molar-refractivity contribution in [2.24, 2.45) is 17.3 Å².